The molecule has 1 atom stereocenters. The molecule has 0 saturated heterocycles. The average Bonchev–Trinajstić information content (AvgIpc) is 2.53. The molecule has 3 heteroatoms. The molecule has 0 bridgehead atoms. The van der Waals surface area contributed by atoms with Crippen molar-refractivity contribution in [2.75, 3.05) is 0 Å². The van der Waals surface area contributed by atoms with Crippen molar-refractivity contribution in [3.63, 3.8) is 0 Å². The van der Waals surface area contributed by atoms with E-state index in [1.165, 1.54) is 12.1 Å². The summed E-state index contributed by atoms with van der Waals surface area (Å²) in [5, 5.41) is 0. The van der Waals surface area contributed by atoms with Gasteiger partial charge in [0, 0.05) is 6.21 Å². The summed E-state index contributed by atoms with van der Waals surface area (Å²) in [5.74, 6) is 0.550. The number of hydrogen-bond donors (Lipinski definition) is 0. The predicted molar refractivity (Wildman–Crippen MR) is 50.7 cm³/mol. The number of halogens is 1. The molecule has 2 rings (SSSR count). The molecule has 1 aliphatic heterocycles. The van der Waals surface area contributed by atoms with Gasteiger partial charge in [-0.05, 0) is 24.6 Å². The summed E-state index contributed by atoms with van der Waals surface area (Å²) in [6.45, 7) is 1.85. The second kappa shape index (κ2) is 3.09. The Kier molecular flexibility index (Phi) is 1.93. The maximum atomic E-state index is 12.6. The molecule has 1 aromatic carbocycles. The van der Waals surface area contributed by atoms with Gasteiger partial charge in [-0.2, -0.15) is 0 Å². The molecule has 0 saturated carbocycles. The molecule has 13 heavy (non-hydrogen) atoms. The summed E-state index contributed by atoms with van der Waals surface area (Å²) in [7, 11) is 0. The second-order valence-corrected chi connectivity index (χ2v) is 2.95. The zero-order chi connectivity index (χ0) is 9.26. The number of rotatable bonds is 1. The second-order valence-electron chi connectivity index (χ2n) is 2.95. The van der Waals surface area contributed by atoms with Crippen LogP contribution in [0, 0.1) is 5.82 Å². The van der Waals surface area contributed by atoms with Crippen molar-refractivity contribution < 1.29 is 4.39 Å². The van der Waals surface area contributed by atoms with Crippen LogP contribution in [0.2, 0.25) is 0 Å². The largest absolute Gasteiger partial charge is 0.257 e. The summed E-state index contributed by atoms with van der Waals surface area (Å²) >= 11 is 0. The van der Waals surface area contributed by atoms with Crippen LogP contribution in [0.25, 0.3) is 0 Å². The minimum Gasteiger partial charge on any atom is -0.257 e. The quantitative estimate of drug-likeness (QED) is 0.627. The van der Waals surface area contributed by atoms with Crippen LogP contribution in [0.1, 0.15) is 18.5 Å². The van der Waals surface area contributed by atoms with Crippen LogP contribution in [-0.4, -0.2) is 12.1 Å². The molecule has 66 valence electrons. The molecular formula is C10H9FN2. The molecule has 0 spiro atoms. The van der Waals surface area contributed by atoms with Crippen LogP contribution in [0.3, 0.4) is 0 Å². The van der Waals surface area contributed by atoms with E-state index in [2.05, 4.69) is 9.98 Å². The van der Waals surface area contributed by atoms with E-state index in [0.29, 0.717) is 0 Å². The fourth-order valence-corrected chi connectivity index (χ4v) is 1.27. The highest BCUT2D eigenvalue weighted by atomic mass is 19.1. The van der Waals surface area contributed by atoms with E-state index in [-0.39, 0.29) is 11.9 Å². The van der Waals surface area contributed by atoms with Gasteiger partial charge in [0.05, 0.1) is 0 Å². The molecule has 1 unspecified atom stereocenters. The molecule has 0 N–H and O–H groups in total. The van der Waals surface area contributed by atoms with Crippen LogP contribution < -0.4 is 0 Å². The lowest BCUT2D eigenvalue weighted by molar-refractivity contribution is 0.627. The van der Waals surface area contributed by atoms with Gasteiger partial charge in [0.15, 0.2) is 0 Å². The van der Waals surface area contributed by atoms with E-state index in [0.717, 1.165) is 11.4 Å². The molecule has 0 amide bonds. The average molecular weight is 176 g/mol. The van der Waals surface area contributed by atoms with Crippen molar-refractivity contribution in [3.05, 3.63) is 35.6 Å². The first-order valence-corrected chi connectivity index (χ1v) is 4.10. The third-order valence-electron chi connectivity index (χ3n) is 1.94. The van der Waals surface area contributed by atoms with Crippen LogP contribution in [-0.2, 0) is 0 Å². The SMILES string of the molecule is CC1=NC(c2ccc(F)cc2)C=N1. The maximum absolute atomic E-state index is 12.6. The van der Waals surface area contributed by atoms with Crippen molar-refractivity contribution in [1.29, 1.82) is 0 Å². The first-order chi connectivity index (χ1) is 6.25. The molecule has 1 heterocycles. The summed E-state index contributed by atoms with van der Waals surface area (Å²) in [5.41, 5.74) is 0.974. The zero-order valence-electron chi connectivity index (χ0n) is 7.24. The predicted octanol–water partition coefficient (Wildman–Crippen LogP) is 2.37. The molecule has 0 radical (unpaired) electrons. The fourth-order valence-electron chi connectivity index (χ4n) is 1.27. The summed E-state index contributed by atoms with van der Waals surface area (Å²) in [6.07, 6.45) is 1.77. The Hall–Kier alpha value is -1.51. The Morgan fingerprint density at radius 2 is 1.92 bits per heavy atom. The topological polar surface area (TPSA) is 24.7 Å². The molecule has 0 aliphatic carbocycles. The number of nitrogens with zero attached hydrogens (tertiary/aromatic N) is 2. The van der Waals surface area contributed by atoms with Gasteiger partial charge in [-0.3, -0.25) is 4.99 Å². The van der Waals surface area contributed by atoms with Crippen LogP contribution in [0.4, 0.5) is 4.39 Å². The van der Waals surface area contributed by atoms with Gasteiger partial charge in [0.2, 0.25) is 0 Å². The fraction of sp³-hybridized carbons (Fsp3) is 0.200. The normalized spacial score (nSPS) is 20.5. The summed E-state index contributed by atoms with van der Waals surface area (Å²) in [4.78, 5) is 8.31. The Balaban J connectivity index is 2.28. The maximum Gasteiger partial charge on any atom is 0.123 e. The molecule has 1 aliphatic rings. The number of amidine groups is 1. The lowest BCUT2D eigenvalue weighted by Crippen LogP contribution is -1.93. The highest BCUT2D eigenvalue weighted by molar-refractivity contribution is 5.94. The zero-order valence-corrected chi connectivity index (χ0v) is 7.24. The van der Waals surface area contributed by atoms with Crippen LogP contribution in [0.5, 0.6) is 0 Å². The Morgan fingerprint density at radius 1 is 1.23 bits per heavy atom. The van der Waals surface area contributed by atoms with Gasteiger partial charge in [0.1, 0.15) is 17.7 Å². The molecule has 0 aromatic heterocycles. The third kappa shape index (κ3) is 1.64. The Labute approximate surface area is 75.8 Å². The standard InChI is InChI=1S/C10H9FN2/c1-7-12-6-10(13-7)8-2-4-9(11)5-3-8/h2-6,10H,1H3. The van der Waals surface area contributed by atoms with Gasteiger partial charge < -0.3 is 0 Å². The lowest BCUT2D eigenvalue weighted by atomic mass is 10.1. The number of aliphatic imine (C=N–C) groups is 2. The molecule has 0 fully saturated rings. The highest BCUT2D eigenvalue weighted by Gasteiger charge is 2.11. The summed E-state index contributed by atoms with van der Waals surface area (Å²) in [6, 6.07) is 6.31. The van der Waals surface area contributed by atoms with E-state index in [1.54, 1.807) is 18.3 Å². The van der Waals surface area contributed by atoms with Gasteiger partial charge >= 0.3 is 0 Å². The van der Waals surface area contributed by atoms with Gasteiger partial charge in [-0.1, -0.05) is 12.1 Å². The van der Waals surface area contributed by atoms with Crippen molar-refractivity contribution in [2.45, 2.75) is 13.0 Å². The smallest absolute Gasteiger partial charge is 0.123 e. The lowest BCUT2D eigenvalue weighted by Gasteiger charge is -2.02. The third-order valence-corrected chi connectivity index (χ3v) is 1.94. The van der Waals surface area contributed by atoms with Crippen molar-refractivity contribution in [2.24, 2.45) is 9.98 Å². The van der Waals surface area contributed by atoms with Crippen LogP contribution >= 0.6 is 0 Å². The Morgan fingerprint density at radius 3 is 2.46 bits per heavy atom. The Bertz CT molecular complexity index is 365. The van der Waals surface area contributed by atoms with Crippen molar-refractivity contribution in [3.8, 4) is 0 Å². The van der Waals surface area contributed by atoms with E-state index >= 15 is 0 Å². The van der Waals surface area contributed by atoms with E-state index in [4.69, 9.17) is 0 Å². The number of hydrogen-bond acceptors (Lipinski definition) is 2. The first-order valence-electron chi connectivity index (χ1n) is 4.10. The van der Waals surface area contributed by atoms with Crippen molar-refractivity contribution in [1.82, 2.24) is 0 Å². The van der Waals surface area contributed by atoms with Gasteiger partial charge in [-0.25, -0.2) is 9.38 Å². The van der Waals surface area contributed by atoms with E-state index in [1.807, 2.05) is 6.92 Å². The number of benzene rings is 1. The monoisotopic (exact) mass is 176 g/mol. The minimum absolute atomic E-state index is 0.0272. The minimum atomic E-state index is -0.223. The first kappa shape index (κ1) is 8.10. The molecule has 2 nitrogen and oxygen atoms in total. The summed E-state index contributed by atoms with van der Waals surface area (Å²) < 4.78 is 12.6. The molecular weight excluding hydrogens is 167 g/mol. The van der Waals surface area contributed by atoms with Crippen LogP contribution in [0.15, 0.2) is 34.3 Å². The van der Waals surface area contributed by atoms with Gasteiger partial charge in [0.25, 0.3) is 0 Å². The van der Waals surface area contributed by atoms with E-state index < -0.39 is 0 Å². The van der Waals surface area contributed by atoms with E-state index in [9.17, 15) is 4.39 Å². The molecule has 1 aromatic rings. The highest BCUT2D eigenvalue weighted by Crippen LogP contribution is 2.19. The van der Waals surface area contributed by atoms with Gasteiger partial charge in [-0.15, -0.1) is 0 Å². The van der Waals surface area contributed by atoms with Crippen molar-refractivity contribution >= 4 is 12.1 Å².